The molecule has 1 saturated heterocycles. The van der Waals surface area contributed by atoms with Crippen LogP contribution < -0.4 is 4.74 Å². The number of hydrogen-bond donors (Lipinski definition) is 2. The topological polar surface area (TPSA) is 48.5 Å². The normalized spacial score (nSPS) is 16.5. The Hall–Kier alpha value is -2.30. The molecule has 3 aromatic rings. The number of likely N-dealkylation sites (tertiary alicyclic amines) is 1. The third-order valence-electron chi connectivity index (χ3n) is 5.45. The SMILES string of the molecule is Cc1ccc(OCc2[nH]c3ccccc3c2C(O)CN2CCCCC2)cc1. The summed E-state index contributed by atoms with van der Waals surface area (Å²) in [5.41, 5.74) is 4.20. The monoisotopic (exact) mass is 364 g/mol. The summed E-state index contributed by atoms with van der Waals surface area (Å²) in [7, 11) is 0. The first kappa shape index (κ1) is 18.1. The minimum absolute atomic E-state index is 0.421. The highest BCUT2D eigenvalue weighted by Crippen LogP contribution is 2.30. The van der Waals surface area contributed by atoms with E-state index in [1.807, 2.05) is 36.4 Å². The number of H-pyrrole nitrogens is 1. The van der Waals surface area contributed by atoms with E-state index in [-0.39, 0.29) is 0 Å². The highest BCUT2D eigenvalue weighted by atomic mass is 16.5. The number of aromatic nitrogens is 1. The van der Waals surface area contributed by atoms with Crippen molar-refractivity contribution in [3.63, 3.8) is 0 Å². The maximum Gasteiger partial charge on any atom is 0.128 e. The average molecular weight is 364 g/mol. The fourth-order valence-electron chi connectivity index (χ4n) is 3.98. The van der Waals surface area contributed by atoms with E-state index in [1.54, 1.807) is 0 Å². The number of β-amino-alcohol motifs (C(OH)–C–C–N with tert-alkyl or cyclic N) is 1. The van der Waals surface area contributed by atoms with E-state index in [1.165, 1.54) is 24.8 Å². The standard InChI is InChI=1S/C23H28N2O2/c1-17-9-11-18(12-10-17)27-16-21-23(19-7-3-4-8-20(19)24-21)22(26)15-25-13-5-2-6-14-25/h3-4,7-12,22,24,26H,2,5-6,13-16H2,1H3. The number of nitrogens with zero attached hydrogens (tertiary/aromatic N) is 1. The second-order valence-corrected chi connectivity index (χ2v) is 7.54. The molecule has 0 amide bonds. The summed E-state index contributed by atoms with van der Waals surface area (Å²) in [6, 6.07) is 16.3. The van der Waals surface area contributed by atoms with Gasteiger partial charge in [-0.2, -0.15) is 0 Å². The summed E-state index contributed by atoms with van der Waals surface area (Å²) >= 11 is 0. The zero-order valence-electron chi connectivity index (χ0n) is 15.9. The molecule has 1 atom stereocenters. The molecule has 2 heterocycles. The third kappa shape index (κ3) is 4.18. The summed E-state index contributed by atoms with van der Waals surface area (Å²) in [6.45, 7) is 5.32. The second kappa shape index (κ2) is 8.15. The average Bonchev–Trinajstić information content (AvgIpc) is 3.07. The molecule has 0 bridgehead atoms. The zero-order chi connectivity index (χ0) is 18.6. The van der Waals surface area contributed by atoms with Crippen molar-refractivity contribution < 1.29 is 9.84 Å². The smallest absolute Gasteiger partial charge is 0.128 e. The van der Waals surface area contributed by atoms with Crippen LogP contribution in [0, 0.1) is 6.92 Å². The van der Waals surface area contributed by atoms with Gasteiger partial charge in [-0.3, -0.25) is 0 Å². The minimum Gasteiger partial charge on any atom is -0.487 e. The number of para-hydroxylation sites is 1. The summed E-state index contributed by atoms with van der Waals surface area (Å²) < 4.78 is 6.00. The molecule has 4 heteroatoms. The molecule has 4 rings (SSSR count). The first-order chi connectivity index (χ1) is 13.2. The maximum atomic E-state index is 11.1. The van der Waals surface area contributed by atoms with Gasteiger partial charge in [-0.1, -0.05) is 42.3 Å². The Balaban J connectivity index is 1.57. The molecule has 1 aromatic heterocycles. The minimum atomic E-state index is -0.518. The number of aliphatic hydroxyl groups excluding tert-OH is 1. The van der Waals surface area contributed by atoms with Crippen molar-refractivity contribution in [2.24, 2.45) is 0 Å². The first-order valence-electron chi connectivity index (χ1n) is 9.90. The zero-order valence-corrected chi connectivity index (χ0v) is 15.9. The van der Waals surface area contributed by atoms with Gasteiger partial charge in [0.15, 0.2) is 0 Å². The van der Waals surface area contributed by atoms with E-state index >= 15 is 0 Å². The maximum absolute atomic E-state index is 11.1. The largest absolute Gasteiger partial charge is 0.487 e. The van der Waals surface area contributed by atoms with Crippen LogP contribution >= 0.6 is 0 Å². The quantitative estimate of drug-likeness (QED) is 0.673. The number of aromatic amines is 1. The molecular formula is C23H28N2O2. The molecule has 2 N–H and O–H groups in total. The van der Waals surface area contributed by atoms with Crippen molar-refractivity contribution in [1.82, 2.24) is 9.88 Å². The highest BCUT2D eigenvalue weighted by molar-refractivity contribution is 5.85. The number of rotatable bonds is 6. The van der Waals surface area contributed by atoms with Crippen LogP contribution in [0.3, 0.4) is 0 Å². The Bertz CT molecular complexity index is 879. The number of aryl methyl sites for hydroxylation is 1. The van der Waals surface area contributed by atoms with Crippen LogP contribution in [-0.4, -0.2) is 34.6 Å². The van der Waals surface area contributed by atoms with Crippen LogP contribution in [-0.2, 0) is 6.61 Å². The van der Waals surface area contributed by atoms with Crippen LogP contribution in [0.5, 0.6) is 5.75 Å². The molecule has 1 aliphatic heterocycles. The van der Waals surface area contributed by atoms with Crippen molar-refractivity contribution in [2.75, 3.05) is 19.6 Å². The van der Waals surface area contributed by atoms with E-state index in [4.69, 9.17) is 4.74 Å². The third-order valence-corrected chi connectivity index (χ3v) is 5.45. The van der Waals surface area contributed by atoms with Gasteiger partial charge in [0.05, 0.1) is 11.8 Å². The summed E-state index contributed by atoms with van der Waals surface area (Å²) in [5, 5.41) is 12.1. The Labute approximate surface area is 160 Å². The number of benzene rings is 2. The molecule has 0 saturated carbocycles. The van der Waals surface area contributed by atoms with Crippen molar-refractivity contribution in [1.29, 1.82) is 0 Å². The van der Waals surface area contributed by atoms with E-state index in [9.17, 15) is 5.11 Å². The van der Waals surface area contributed by atoms with Gasteiger partial charge in [-0.15, -0.1) is 0 Å². The van der Waals surface area contributed by atoms with E-state index < -0.39 is 6.10 Å². The van der Waals surface area contributed by atoms with Gasteiger partial charge in [0.1, 0.15) is 12.4 Å². The van der Waals surface area contributed by atoms with Crippen LogP contribution in [0.2, 0.25) is 0 Å². The molecule has 1 unspecified atom stereocenters. The lowest BCUT2D eigenvalue weighted by Crippen LogP contribution is -2.33. The molecule has 0 spiro atoms. The van der Waals surface area contributed by atoms with Gasteiger partial charge >= 0.3 is 0 Å². The van der Waals surface area contributed by atoms with Gasteiger partial charge in [-0.05, 0) is 51.1 Å². The van der Waals surface area contributed by atoms with Crippen molar-refractivity contribution in [2.45, 2.75) is 38.9 Å². The van der Waals surface area contributed by atoms with Gasteiger partial charge in [0.25, 0.3) is 0 Å². The highest BCUT2D eigenvalue weighted by Gasteiger charge is 2.22. The van der Waals surface area contributed by atoms with E-state index in [0.717, 1.165) is 41.0 Å². The van der Waals surface area contributed by atoms with Crippen LogP contribution in [0.15, 0.2) is 48.5 Å². The van der Waals surface area contributed by atoms with Gasteiger partial charge in [0.2, 0.25) is 0 Å². The summed E-state index contributed by atoms with van der Waals surface area (Å²) in [5.74, 6) is 0.843. The number of ether oxygens (including phenoxy) is 1. The number of piperidine rings is 1. The van der Waals surface area contributed by atoms with Crippen molar-refractivity contribution in [3.05, 3.63) is 65.4 Å². The Morgan fingerprint density at radius 2 is 1.78 bits per heavy atom. The lowest BCUT2D eigenvalue weighted by atomic mass is 10.0. The van der Waals surface area contributed by atoms with E-state index in [0.29, 0.717) is 13.2 Å². The Morgan fingerprint density at radius 1 is 1.04 bits per heavy atom. The molecule has 142 valence electrons. The van der Waals surface area contributed by atoms with Crippen molar-refractivity contribution >= 4 is 10.9 Å². The second-order valence-electron chi connectivity index (χ2n) is 7.54. The van der Waals surface area contributed by atoms with E-state index in [2.05, 4.69) is 28.9 Å². The molecule has 0 aliphatic carbocycles. The Morgan fingerprint density at radius 3 is 2.56 bits per heavy atom. The van der Waals surface area contributed by atoms with Gasteiger partial charge in [0, 0.05) is 23.0 Å². The lowest BCUT2D eigenvalue weighted by molar-refractivity contribution is 0.101. The molecule has 27 heavy (non-hydrogen) atoms. The number of fused-ring (bicyclic) bond motifs is 1. The van der Waals surface area contributed by atoms with Crippen LogP contribution in [0.25, 0.3) is 10.9 Å². The molecule has 1 fully saturated rings. The number of nitrogens with one attached hydrogen (secondary N) is 1. The molecular weight excluding hydrogens is 336 g/mol. The molecule has 1 aliphatic rings. The van der Waals surface area contributed by atoms with Gasteiger partial charge < -0.3 is 19.7 Å². The molecule has 0 radical (unpaired) electrons. The summed E-state index contributed by atoms with van der Waals surface area (Å²) in [6.07, 6.45) is 3.24. The van der Waals surface area contributed by atoms with Crippen molar-refractivity contribution in [3.8, 4) is 5.75 Å². The molecule has 2 aromatic carbocycles. The van der Waals surface area contributed by atoms with Crippen LogP contribution in [0.4, 0.5) is 0 Å². The predicted molar refractivity (Wildman–Crippen MR) is 109 cm³/mol. The molecule has 4 nitrogen and oxygen atoms in total. The van der Waals surface area contributed by atoms with Crippen LogP contribution in [0.1, 0.15) is 42.2 Å². The number of aliphatic hydroxyl groups is 1. The fourth-order valence-corrected chi connectivity index (χ4v) is 3.98. The Kier molecular flexibility index (Phi) is 5.46. The predicted octanol–water partition coefficient (Wildman–Crippen LogP) is 4.57. The fraction of sp³-hybridized carbons (Fsp3) is 0.391. The first-order valence-corrected chi connectivity index (χ1v) is 9.90. The summed E-state index contributed by atoms with van der Waals surface area (Å²) in [4.78, 5) is 5.84. The van der Waals surface area contributed by atoms with Gasteiger partial charge in [-0.25, -0.2) is 0 Å². The lowest BCUT2D eigenvalue weighted by Gasteiger charge is -2.28. The number of hydrogen-bond acceptors (Lipinski definition) is 3.